The number of benzene rings is 2. The Morgan fingerprint density at radius 1 is 1.25 bits per heavy atom. The fourth-order valence-electron chi connectivity index (χ4n) is 1.95. The molecule has 0 heterocycles. The summed E-state index contributed by atoms with van der Waals surface area (Å²) >= 11 is 3.20. The van der Waals surface area contributed by atoms with Gasteiger partial charge in [0, 0.05) is 12.6 Å². The van der Waals surface area contributed by atoms with Crippen molar-refractivity contribution in [1.29, 1.82) is 0 Å². The Morgan fingerprint density at radius 3 is 2.75 bits per heavy atom. The third-order valence-electron chi connectivity index (χ3n) is 3.19. The van der Waals surface area contributed by atoms with Gasteiger partial charge in [-0.25, -0.2) is 4.39 Å². The Balaban J connectivity index is 2.00. The summed E-state index contributed by atoms with van der Waals surface area (Å²) in [7, 11) is 1.66. The summed E-state index contributed by atoms with van der Waals surface area (Å²) in [5, 5.41) is 3.41. The molecule has 2 aromatic carbocycles. The molecular formula is C16H17BrFNO. The van der Waals surface area contributed by atoms with E-state index in [1.807, 2.05) is 18.2 Å². The van der Waals surface area contributed by atoms with E-state index in [0.717, 1.165) is 16.9 Å². The van der Waals surface area contributed by atoms with Crippen molar-refractivity contribution >= 4 is 15.9 Å². The molecule has 0 bridgehead atoms. The molecule has 1 N–H and O–H groups in total. The first-order chi connectivity index (χ1) is 9.60. The maximum absolute atomic E-state index is 13.2. The number of hydrogen-bond acceptors (Lipinski definition) is 2. The Bertz CT molecular complexity index is 588. The van der Waals surface area contributed by atoms with Gasteiger partial charge in [0.2, 0.25) is 0 Å². The molecule has 20 heavy (non-hydrogen) atoms. The largest absolute Gasteiger partial charge is 0.497 e. The molecule has 0 amide bonds. The maximum Gasteiger partial charge on any atom is 0.137 e. The average Bonchev–Trinajstić information content (AvgIpc) is 2.48. The van der Waals surface area contributed by atoms with Crippen LogP contribution in [0.25, 0.3) is 0 Å². The SMILES string of the molecule is COc1cccc(C(C)NCc2ccc(F)c(Br)c2)c1. The molecule has 0 aliphatic heterocycles. The molecule has 0 spiro atoms. The van der Waals surface area contributed by atoms with Gasteiger partial charge < -0.3 is 10.1 Å². The molecule has 1 atom stereocenters. The fourth-order valence-corrected chi connectivity index (χ4v) is 2.38. The molecule has 0 saturated carbocycles. The summed E-state index contributed by atoms with van der Waals surface area (Å²) in [6, 6.07) is 13.2. The highest BCUT2D eigenvalue weighted by Crippen LogP contribution is 2.20. The van der Waals surface area contributed by atoms with Crippen molar-refractivity contribution in [2.45, 2.75) is 19.5 Å². The maximum atomic E-state index is 13.2. The van der Waals surface area contributed by atoms with Crippen LogP contribution in [0.15, 0.2) is 46.9 Å². The molecule has 2 rings (SSSR count). The van der Waals surface area contributed by atoms with Crippen molar-refractivity contribution in [1.82, 2.24) is 5.32 Å². The average molecular weight is 338 g/mol. The van der Waals surface area contributed by atoms with E-state index in [4.69, 9.17) is 4.74 Å². The van der Waals surface area contributed by atoms with Gasteiger partial charge in [0.05, 0.1) is 11.6 Å². The summed E-state index contributed by atoms with van der Waals surface area (Å²) in [4.78, 5) is 0. The molecule has 0 saturated heterocycles. The van der Waals surface area contributed by atoms with E-state index >= 15 is 0 Å². The van der Waals surface area contributed by atoms with E-state index in [-0.39, 0.29) is 11.9 Å². The highest BCUT2D eigenvalue weighted by atomic mass is 79.9. The fraction of sp³-hybridized carbons (Fsp3) is 0.250. The van der Waals surface area contributed by atoms with E-state index in [1.54, 1.807) is 19.2 Å². The van der Waals surface area contributed by atoms with Gasteiger partial charge in [0.15, 0.2) is 0 Å². The second-order valence-electron chi connectivity index (χ2n) is 4.63. The normalized spacial score (nSPS) is 12.2. The van der Waals surface area contributed by atoms with Gasteiger partial charge in [-0.1, -0.05) is 18.2 Å². The lowest BCUT2D eigenvalue weighted by atomic mass is 10.1. The minimum Gasteiger partial charge on any atom is -0.497 e. The van der Waals surface area contributed by atoms with Crippen LogP contribution in [0.1, 0.15) is 24.1 Å². The molecule has 1 unspecified atom stereocenters. The van der Waals surface area contributed by atoms with Gasteiger partial charge in [-0.15, -0.1) is 0 Å². The minimum absolute atomic E-state index is 0.189. The molecule has 106 valence electrons. The first-order valence-electron chi connectivity index (χ1n) is 6.41. The third-order valence-corrected chi connectivity index (χ3v) is 3.80. The van der Waals surface area contributed by atoms with Crippen LogP contribution in [0.2, 0.25) is 0 Å². The number of rotatable bonds is 5. The van der Waals surface area contributed by atoms with E-state index in [1.165, 1.54) is 6.07 Å². The van der Waals surface area contributed by atoms with E-state index in [9.17, 15) is 4.39 Å². The molecular weight excluding hydrogens is 321 g/mol. The number of methoxy groups -OCH3 is 1. The zero-order valence-electron chi connectivity index (χ0n) is 11.5. The van der Waals surface area contributed by atoms with Gasteiger partial charge in [-0.3, -0.25) is 0 Å². The molecule has 0 fully saturated rings. The van der Waals surface area contributed by atoms with Crippen LogP contribution in [0.5, 0.6) is 5.75 Å². The molecule has 2 aromatic rings. The quantitative estimate of drug-likeness (QED) is 0.870. The third kappa shape index (κ3) is 3.81. The van der Waals surface area contributed by atoms with Gasteiger partial charge >= 0.3 is 0 Å². The first-order valence-corrected chi connectivity index (χ1v) is 7.20. The van der Waals surface area contributed by atoms with Crippen LogP contribution in [-0.4, -0.2) is 7.11 Å². The van der Waals surface area contributed by atoms with Crippen LogP contribution >= 0.6 is 15.9 Å². The summed E-state index contributed by atoms with van der Waals surface area (Å²) < 4.78 is 18.9. The lowest BCUT2D eigenvalue weighted by Crippen LogP contribution is -2.18. The van der Waals surface area contributed by atoms with Gasteiger partial charge in [0.25, 0.3) is 0 Å². The first kappa shape index (κ1) is 15.0. The highest BCUT2D eigenvalue weighted by Gasteiger charge is 2.07. The number of halogens is 2. The van der Waals surface area contributed by atoms with Crippen molar-refractivity contribution < 1.29 is 9.13 Å². The predicted molar refractivity (Wildman–Crippen MR) is 82.3 cm³/mol. The topological polar surface area (TPSA) is 21.3 Å². The van der Waals surface area contributed by atoms with E-state index in [2.05, 4.69) is 34.2 Å². The molecule has 0 aromatic heterocycles. The monoisotopic (exact) mass is 337 g/mol. The zero-order chi connectivity index (χ0) is 14.5. The zero-order valence-corrected chi connectivity index (χ0v) is 13.1. The highest BCUT2D eigenvalue weighted by molar-refractivity contribution is 9.10. The smallest absolute Gasteiger partial charge is 0.137 e. The summed E-state index contributed by atoms with van der Waals surface area (Å²) in [5.74, 6) is 0.607. The van der Waals surface area contributed by atoms with Crippen LogP contribution in [0.3, 0.4) is 0 Å². The minimum atomic E-state index is -0.241. The standard InChI is InChI=1S/C16H17BrFNO/c1-11(13-4-3-5-14(9-13)20-2)19-10-12-6-7-16(18)15(17)8-12/h3-9,11,19H,10H2,1-2H3. The number of ether oxygens (including phenoxy) is 1. The van der Waals surface area contributed by atoms with Gasteiger partial charge in [-0.2, -0.15) is 0 Å². The Labute approximate surface area is 127 Å². The van der Waals surface area contributed by atoms with Crippen molar-refractivity contribution in [3.05, 3.63) is 63.9 Å². The van der Waals surface area contributed by atoms with Crippen LogP contribution in [-0.2, 0) is 6.54 Å². The van der Waals surface area contributed by atoms with Gasteiger partial charge in [0.1, 0.15) is 11.6 Å². The number of nitrogens with one attached hydrogen (secondary N) is 1. The second kappa shape index (κ2) is 6.86. The molecule has 4 heteroatoms. The van der Waals surface area contributed by atoms with Crippen LogP contribution < -0.4 is 10.1 Å². The summed E-state index contributed by atoms with van der Waals surface area (Å²) in [6.07, 6.45) is 0. The van der Waals surface area contributed by atoms with Crippen LogP contribution in [0.4, 0.5) is 4.39 Å². The Morgan fingerprint density at radius 2 is 2.05 bits per heavy atom. The van der Waals surface area contributed by atoms with Crippen molar-refractivity contribution in [3.8, 4) is 5.75 Å². The summed E-state index contributed by atoms with van der Waals surface area (Å²) in [6.45, 7) is 2.77. The Kier molecular flexibility index (Phi) is 5.15. The van der Waals surface area contributed by atoms with Crippen molar-refractivity contribution in [2.24, 2.45) is 0 Å². The van der Waals surface area contributed by atoms with Crippen molar-refractivity contribution in [3.63, 3.8) is 0 Å². The molecule has 0 aliphatic carbocycles. The van der Waals surface area contributed by atoms with E-state index in [0.29, 0.717) is 11.0 Å². The molecule has 0 radical (unpaired) electrons. The van der Waals surface area contributed by atoms with Gasteiger partial charge in [-0.05, 0) is 58.2 Å². The molecule has 2 nitrogen and oxygen atoms in total. The van der Waals surface area contributed by atoms with Crippen molar-refractivity contribution in [2.75, 3.05) is 7.11 Å². The van der Waals surface area contributed by atoms with Crippen LogP contribution in [0, 0.1) is 5.82 Å². The lowest BCUT2D eigenvalue weighted by molar-refractivity contribution is 0.413. The Hall–Kier alpha value is -1.39. The lowest BCUT2D eigenvalue weighted by Gasteiger charge is -2.15. The number of hydrogen-bond donors (Lipinski definition) is 1. The predicted octanol–water partition coefficient (Wildman–Crippen LogP) is 4.45. The summed E-state index contributed by atoms with van der Waals surface area (Å²) in [5.41, 5.74) is 2.19. The van der Waals surface area contributed by atoms with E-state index < -0.39 is 0 Å². The molecule has 0 aliphatic rings. The second-order valence-corrected chi connectivity index (χ2v) is 5.48.